The average molecular weight is 730 g/mol. The molecule has 0 atom stereocenters. The molecule has 2 aromatic carbocycles. The number of likely N-dealkylation sites (N-methyl/N-ethyl adjacent to an activating group) is 1. The molecule has 15 heteroatoms. The predicted octanol–water partition coefficient (Wildman–Crippen LogP) is 6.09. The SMILES string of the molecule is CN(C)CCN(Cc1ccc(-c2ccc(C(F)(F)F)cc2)nc1)C(=O)Cn1cc(Cc2cnn(C)c2)c(=O)nc1SCc1ccc(F)cc1.Cl. The number of thioether (sulfide) groups is 1. The van der Waals surface area contributed by atoms with Crippen LogP contribution in [-0.4, -0.2) is 67.2 Å². The molecule has 0 fully saturated rings. The Bertz CT molecular complexity index is 1930. The highest BCUT2D eigenvalue weighted by Gasteiger charge is 2.30. The molecular weight excluding hydrogens is 694 g/mol. The number of aryl methyl sites for hydroxylation is 1. The van der Waals surface area contributed by atoms with Crippen LogP contribution in [0.25, 0.3) is 11.3 Å². The molecule has 0 aliphatic carbocycles. The molecule has 0 N–H and O–H groups in total. The van der Waals surface area contributed by atoms with Crippen LogP contribution in [0.2, 0.25) is 0 Å². The molecule has 5 rings (SSSR count). The Morgan fingerprint density at radius 2 is 1.60 bits per heavy atom. The fourth-order valence-corrected chi connectivity index (χ4v) is 5.90. The zero-order valence-electron chi connectivity index (χ0n) is 27.6. The minimum absolute atomic E-state index is 0. The molecule has 0 saturated heterocycles. The summed E-state index contributed by atoms with van der Waals surface area (Å²) < 4.78 is 55.8. The molecule has 9 nitrogen and oxygen atoms in total. The van der Waals surface area contributed by atoms with Gasteiger partial charge in [-0.25, -0.2) is 4.39 Å². The van der Waals surface area contributed by atoms with Gasteiger partial charge in [-0.3, -0.25) is 19.3 Å². The fourth-order valence-electron chi connectivity index (χ4n) is 4.98. The number of halogens is 5. The first-order chi connectivity index (χ1) is 23.3. The van der Waals surface area contributed by atoms with Gasteiger partial charge in [-0.1, -0.05) is 42.1 Å². The highest BCUT2D eigenvalue weighted by atomic mass is 35.5. The first-order valence-electron chi connectivity index (χ1n) is 15.3. The quantitative estimate of drug-likeness (QED) is 0.0824. The lowest BCUT2D eigenvalue weighted by Gasteiger charge is -2.25. The number of carbonyl (C=O) groups is 1. The van der Waals surface area contributed by atoms with E-state index < -0.39 is 17.3 Å². The lowest BCUT2D eigenvalue weighted by atomic mass is 10.1. The van der Waals surface area contributed by atoms with Crippen LogP contribution in [-0.2, 0) is 43.3 Å². The summed E-state index contributed by atoms with van der Waals surface area (Å²) in [5.41, 5.74) is 2.72. The van der Waals surface area contributed by atoms with Gasteiger partial charge in [0.25, 0.3) is 5.56 Å². The molecule has 5 aromatic rings. The summed E-state index contributed by atoms with van der Waals surface area (Å²) >= 11 is 1.28. The third kappa shape index (κ3) is 10.5. The summed E-state index contributed by atoms with van der Waals surface area (Å²) in [6.07, 6.45) is 2.63. The van der Waals surface area contributed by atoms with E-state index in [2.05, 4.69) is 15.1 Å². The molecule has 50 heavy (non-hydrogen) atoms. The van der Waals surface area contributed by atoms with Crippen molar-refractivity contribution in [2.45, 2.75) is 36.6 Å². The maximum absolute atomic E-state index is 14.0. The van der Waals surface area contributed by atoms with Crippen LogP contribution in [0, 0.1) is 5.82 Å². The molecule has 0 bridgehead atoms. The number of carbonyl (C=O) groups excluding carboxylic acids is 1. The summed E-state index contributed by atoms with van der Waals surface area (Å²) in [7, 11) is 5.60. The molecular formula is C35H36ClF4N7O2S. The van der Waals surface area contributed by atoms with Crippen LogP contribution < -0.4 is 5.56 Å². The highest BCUT2D eigenvalue weighted by Crippen LogP contribution is 2.30. The van der Waals surface area contributed by atoms with Gasteiger partial charge < -0.3 is 14.4 Å². The van der Waals surface area contributed by atoms with Crippen LogP contribution in [0.4, 0.5) is 17.6 Å². The molecule has 1 amide bonds. The van der Waals surface area contributed by atoms with Gasteiger partial charge in [0, 0.05) is 68.6 Å². The Morgan fingerprint density at radius 3 is 2.20 bits per heavy atom. The monoisotopic (exact) mass is 729 g/mol. The number of nitrogens with zero attached hydrogens (tertiary/aromatic N) is 7. The molecule has 0 aliphatic rings. The van der Waals surface area contributed by atoms with Gasteiger partial charge in [0.1, 0.15) is 12.4 Å². The number of amides is 1. The maximum atomic E-state index is 14.0. The Balaban J connectivity index is 0.00000562. The van der Waals surface area contributed by atoms with Crippen molar-refractivity contribution in [2.75, 3.05) is 27.2 Å². The fraction of sp³-hybridized carbons (Fsp3) is 0.286. The van der Waals surface area contributed by atoms with E-state index in [4.69, 9.17) is 0 Å². The molecule has 3 aromatic heterocycles. The van der Waals surface area contributed by atoms with E-state index in [1.807, 2.05) is 25.2 Å². The Morgan fingerprint density at radius 1 is 0.900 bits per heavy atom. The van der Waals surface area contributed by atoms with E-state index in [9.17, 15) is 27.2 Å². The Kier molecular flexibility index (Phi) is 13.0. The Hall–Kier alpha value is -4.53. The second-order valence-electron chi connectivity index (χ2n) is 11.8. The maximum Gasteiger partial charge on any atom is 0.416 e. The van der Waals surface area contributed by atoms with Crippen LogP contribution in [0.1, 0.15) is 27.8 Å². The number of benzene rings is 2. The summed E-state index contributed by atoms with van der Waals surface area (Å²) in [5.74, 6) is -0.157. The topological polar surface area (TPSA) is 89.1 Å². The minimum atomic E-state index is -4.42. The minimum Gasteiger partial charge on any atom is -0.335 e. The lowest BCUT2D eigenvalue weighted by molar-refractivity contribution is -0.137. The standard InChI is InChI=1S/C35H35F4N7O2S.ClH/c1-43(2)14-15-45(20-25-6-13-31(40-17-25)27-7-9-29(10-8-27)35(37,38)39)32(47)22-46-21-28(16-26-18-41-44(3)19-26)33(48)42-34(46)49-23-24-4-11-30(36)12-5-24;/h4-13,17-19,21H,14-16,20,22-23H2,1-3H3;1H. The van der Waals surface area contributed by atoms with E-state index in [0.717, 1.165) is 28.8 Å². The van der Waals surface area contributed by atoms with Gasteiger partial charge in [-0.15, -0.1) is 12.4 Å². The van der Waals surface area contributed by atoms with Gasteiger partial charge >= 0.3 is 6.18 Å². The zero-order chi connectivity index (χ0) is 35.1. The van der Waals surface area contributed by atoms with Crippen molar-refractivity contribution in [3.63, 3.8) is 0 Å². The smallest absolute Gasteiger partial charge is 0.335 e. The molecule has 0 unspecified atom stereocenters. The molecule has 0 spiro atoms. The van der Waals surface area contributed by atoms with Gasteiger partial charge in [0.2, 0.25) is 5.91 Å². The first kappa shape index (κ1) is 38.3. The molecule has 3 heterocycles. The van der Waals surface area contributed by atoms with Crippen molar-refractivity contribution in [3.8, 4) is 11.3 Å². The summed E-state index contributed by atoms with van der Waals surface area (Å²) in [6.45, 7) is 1.13. The average Bonchev–Trinajstić information content (AvgIpc) is 3.48. The number of pyridine rings is 1. The highest BCUT2D eigenvalue weighted by molar-refractivity contribution is 7.98. The Labute approximate surface area is 297 Å². The van der Waals surface area contributed by atoms with E-state index in [0.29, 0.717) is 40.8 Å². The van der Waals surface area contributed by atoms with Crippen molar-refractivity contribution in [1.29, 1.82) is 0 Å². The second kappa shape index (κ2) is 16.9. The molecule has 0 saturated carbocycles. The zero-order valence-corrected chi connectivity index (χ0v) is 29.2. The second-order valence-corrected chi connectivity index (χ2v) is 12.8. The van der Waals surface area contributed by atoms with E-state index >= 15 is 0 Å². The van der Waals surface area contributed by atoms with E-state index in [-0.39, 0.29) is 43.6 Å². The third-order valence-electron chi connectivity index (χ3n) is 7.64. The summed E-state index contributed by atoms with van der Waals surface area (Å²) in [4.78, 5) is 39.5. The first-order valence-corrected chi connectivity index (χ1v) is 16.3. The van der Waals surface area contributed by atoms with Crippen LogP contribution in [0.5, 0.6) is 0 Å². The van der Waals surface area contributed by atoms with Crippen LogP contribution in [0.3, 0.4) is 0 Å². The number of aromatic nitrogens is 5. The van der Waals surface area contributed by atoms with E-state index in [1.54, 1.807) is 64.1 Å². The van der Waals surface area contributed by atoms with Gasteiger partial charge in [-0.2, -0.15) is 23.3 Å². The normalized spacial score (nSPS) is 11.4. The van der Waals surface area contributed by atoms with E-state index in [1.165, 1.54) is 36.0 Å². The number of rotatable bonds is 13. The number of alkyl halides is 3. The van der Waals surface area contributed by atoms with Crippen molar-refractivity contribution in [1.82, 2.24) is 34.1 Å². The third-order valence-corrected chi connectivity index (χ3v) is 8.71. The number of hydrogen-bond donors (Lipinski definition) is 0. The van der Waals surface area contributed by atoms with Gasteiger partial charge in [0.05, 0.1) is 17.5 Å². The predicted molar refractivity (Wildman–Crippen MR) is 186 cm³/mol. The van der Waals surface area contributed by atoms with Gasteiger partial charge in [0.15, 0.2) is 5.16 Å². The number of hydrogen-bond acceptors (Lipinski definition) is 7. The molecule has 0 aliphatic heterocycles. The molecule has 264 valence electrons. The van der Waals surface area contributed by atoms with Crippen molar-refractivity contribution in [2.24, 2.45) is 7.05 Å². The van der Waals surface area contributed by atoms with Crippen molar-refractivity contribution >= 4 is 30.1 Å². The summed E-state index contributed by atoms with van der Waals surface area (Å²) in [5, 5.41) is 4.53. The van der Waals surface area contributed by atoms with Crippen LogP contribution >= 0.6 is 24.2 Å². The van der Waals surface area contributed by atoms with Crippen LogP contribution in [0.15, 0.2) is 95.4 Å². The molecule has 0 radical (unpaired) electrons. The van der Waals surface area contributed by atoms with Crippen molar-refractivity contribution in [3.05, 3.63) is 129 Å². The van der Waals surface area contributed by atoms with Gasteiger partial charge in [-0.05, 0) is 61.1 Å². The summed E-state index contributed by atoms with van der Waals surface area (Å²) in [6, 6.07) is 14.4. The largest absolute Gasteiger partial charge is 0.416 e. The van der Waals surface area contributed by atoms with Crippen molar-refractivity contribution < 1.29 is 22.4 Å². The lowest BCUT2D eigenvalue weighted by Crippen LogP contribution is -2.38.